The fraction of sp³-hybridized carbons (Fsp3) is 0.200. The van der Waals surface area contributed by atoms with Gasteiger partial charge in [0.25, 0.3) is 5.91 Å². The number of carbonyl (C=O) groups is 1. The minimum atomic E-state index is -0.182. The van der Waals surface area contributed by atoms with E-state index in [1.807, 2.05) is 24.3 Å². The summed E-state index contributed by atoms with van der Waals surface area (Å²) in [6.07, 6.45) is 3.77. The van der Waals surface area contributed by atoms with Gasteiger partial charge in [0.1, 0.15) is 5.75 Å². The molecule has 1 amide bonds. The van der Waals surface area contributed by atoms with E-state index in [4.69, 9.17) is 10.5 Å². The monoisotopic (exact) mass is 271 g/mol. The molecule has 0 bridgehead atoms. The first kappa shape index (κ1) is 13.9. The maximum absolute atomic E-state index is 11.9. The maximum atomic E-state index is 11.9. The van der Waals surface area contributed by atoms with E-state index < -0.39 is 0 Å². The van der Waals surface area contributed by atoms with Crippen molar-refractivity contribution in [1.82, 2.24) is 10.3 Å². The number of hydrogen-bond acceptors (Lipinski definition) is 4. The van der Waals surface area contributed by atoms with E-state index in [0.717, 1.165) is 17.7 Å². The second kappa shape index (κ2) is 6.56. The molecule has 5 nitrogen and oxygen atoms in total. The molecule has 0 saturated heterocycles. The van der Waals surface area contributed by atoms with Gasteiger partial charge < -0.3 is 15.8 Å². The van der Waals surface area contributed by atoms with Gasteiger partial charge in [-0.15, -0.1) is 0 Å². The first-order chi connectivity index (χ1) is 9.70. The van der Waals surface area contributed by atoms with Gasteiger partial charge in [0.15, 0.2) is 0 Å². The molecule has 0 atom stereocenters. The molecule has 0 radical (unpaired) electrons. The number of nitrogen functional groups attached to an aromatic ring is 1. The second-order valence-electron chi connectivity index (χ2n) is 4.32. The molecule has 104 valence electrons. The van der Waals surface area contributed by atoms with E-state index in [-0.39, 0.29) is 5.91 Å². The lowest BCUT2D eigenvalue weighted by molar-refractivity contribution is 0.0955. The fourth-order valence-corrected chi connectivity index (χ4v) is 1.82. The number of benzene rings is 1. The SMILES string of the molecule is COc1ccc(CCNC(=O)c2ccncc2N)cc1. The third-order valence-electron chi connectivity index (χ3n) is 2.95. The van der Waals surface area contributed by atoms with Gasteiger partial charge in [0.05, 0.1) is 24.6 Å². The number of nitrogens with one attached hydrogen (secondary N) is 1. The Bertz CT molecular complexity index is 582. The number of aromatic nitrogens is 1. The Balaban J connectivity index is 1.86. The molecule has 2 rings (SSSR count). The van der Waals surface area contributed by atoms with Crippen molar-refractivity contribution < 1.29 is 9.53 Å². The highest BCUT2D eigenvalue weighted by atomic mass is 16.5. The molecule has 20 heavy (non-hydrogen) atoms. The molecule has 0 fully saturated rings. The van der Waals surface area contributed by atoms with Crippen LogP contribution in [-0.2, 0) is 6.42 Å². The van der Waals surface area contributed by atoms with Gasteiger partial charge in [-0.2, -0.15) is 0 Å². The quantitative estimate of drug-likeness (QED) is 0.866. The molecule has 1 aromatic heterocycles. The lowest BCUT2D eigenvalue weighted by atomic mass is 10.1. The van der Waals surface area contributed by atoms with Crippen LogP contribution in [0.2, 0.25) is 0 Å². The van der Waals surface area contributed by atoms with Crippen molar-refractivity contribution >= 4 is 11.6 Å². The molecule has 0 aliphatic carbocycles. The third kappa shape index (κ3) is 3.47. The summed E-state index contributed by atoms with van der Waals surface area (Å²) in [5.74, 6) is 0.640. The molecule has 1 heterocycles. The van der Waals surface area contributed by atoms with Crippen LogP contribution in [0.3, 0.4) is 0 Å². The van der Waals surface area contributed by atoms with E-state index in [0.29, 0.717) is 17.8 Å². The summed E-state index contributed by atoms with van der Waals surface area (Å²) in [6, 6.07) is 9.37. The van der Waals surface area contributed by atoms with E-state index in [9.17, 15) is 4.79 Å². The first-order valence-corrected chi connectivity index (χ1v) is 6.31. The van der Waals surface area contributed by atoms with E-state index >= 15 is 0 Å². The van der Waals surface area contributed by atoms with Crippen LogP contribution >= 0.6 is 0 Å². The smallest absolute Gasteiger partial charge is 0.253 e. The predicted octanol–water partition coefficient (Wildman–Crippen LogP) is 1.64. The highest BCUT2D eigenvalue weighted by molar-refractivity contribution is 5.98. The Kier molecular flexibility index (Phi) is 4.55. The van der Waals surface area contributed by atoms with E-state index in [1.54, 1.807) is 19.4 Å². The normalized spacial score (nSPS) is 10.1. The van der Waals surface area contributed by atoms with Gasteiger partial charge in [-0.3, -0.25) is 9.78 Å². The van der Waals surface area contributed by atoms with Crippen molar-refractivity contribution in [3.63, 3.8) is 0 Å². The standard InChI is InChI=1S/C15H17N3O2/c1-20-12-4-2-11(3-5-12)6-9-18-15(19)13-7-8-17-10-14(13)16/h2-5,7-8,10H,6,9,16H2,1H3,(H,18,19). The van der Waals surface area contributed by atoms with Gasteiger partial charge in [-0.1, -0.05) is 12.1 Å². The summed E-state index contributed by atoms with van der Waals surface area (Å²) in [5.41, 5.74) is 7.67. The van der Waals surface area contributed by atoms with Crippen LogP contribution in [0.25, 0.3) is 0 Å². The third-order valence-corrected chi connectivity index (χ3v) is 2.95. The van der Waals surface area contributed by atoms with Gasteiger partial charge in [-0.05, 0) is 30.2 Å². The zero-order valence-corrected chi connectivity index (χ0v) is 11.3. The largest absolute Gasteiger partial charge is 0.497 e. The molecule has 0 saturated carbocycles. The molecule has 2 aromatic rings. The zero-order valence-electron chi connectivity index (χ0n) is 11.3. The lowest BCUT2D eigenvalue weighted by Crippen LogP contribution is -2.26. The molecule has 5 heteroatoms. The number of rotatable bonds is 5. The zero-order chi connectivity index (χ0) is 14.4. The average Bonchev–Trinajstić information content (AvgIpc) is 2.48. The van der Waals surface area contributed by atoms with Crippen molar-refractivity contribution in [3.05, 3.63) is 53.9 Å². The van der Waals surface area contributed by atoms with Crippen molar-refractivity contribution in [2.45, 2.75) is 6.42 Å². The molecule has 3 N–H and O–H groups in total. The highest BCUT2D eigenvalue weighted by Gasteiger charge is 2.08. The number of nitrogens with zero attached hydrogens (tertiary/aromatic N) is 1. The number of pyridine rings is 1. The number of carbonyl (C=O) groups excluding carboxylic acids is 1. The van der Waals surface area contributed by atoms with Crippen LogP contribution in [0, 0.1) is 0 Å². The number of anilines is 1. The first-order valence-electron chi connectivity index (χ1n) is 6.31. The van der Waals surface area contributed by atoms with Crippen molar-refractivity contribution in [1.29, 1.82) is 0 Å². The topological polar surface area (TPSA) is 77.2 Å². The molecule has 0 aliphatic rings. The average molecular weight is 271 g/mol. The number of hydrogen-bond donors (Lipinski definition) is 2. The Morgan fingerprint density at radius 3 is 2.70 bits per heavy atom. The molecule has 1 aromatic carbocycles. The maximum Gasteiger partial charge on any atom is 0.253 e. The van der Waals surface area contributed by atoms with Gasteiger partial charge in [0.2, 0.25) is 0 Å². The van der Waals surface area contributed by atoms with E-state index in [1.165, 1.54) is 6.20 Å². The number of amides is 1. The Labute approximate surface area is 117 Å². The summed E-state index contributed by atoms with van der Waals surface area (Å²) >= 11 is 0. The molecule has 0 aliphatic heterocycles. The van der Waals surface area contributed by atoms with Gasteiger partial charge in [-0.25, -0.2) is 0 Å². The minimum absolute atomic E-state index is 0.182. The Morgan fingerprint density at radius 1 is 1.30 bits per heavy atom. The molecular weight excluding hydrogens is 254 g/mol. The van der Waals surface area contributed by atoms with Crippen molar-refractivity contribution in [2.24, 2.45) is 0 Å². The van der Waals surface area contributed by atoms with E-state index in [2.05, 4.69) is 10.3 Å². The lowest BCUT2D eigenvalue weighted by Gasteiger charge is -2.07. The second-order valence-corrected chi connectivity index (χ2v) is 4.32. The van der Waals surface area contributed by atoms with Crippen LogP contribution in [0.1, 0.15) is 15.9 Å². The molecular formula is C15H17N3O2. The van der Waals surface area contributed by atoms with Crippen LogP contribution in [0.15, 0.2) is 42.7 Å². The predicted molar refractivity (Wildman–Crippen MR) is 77.7 cm³/mol. The van der Waals surface area contributed by atoms with Crippen LogP contribution in [0.5, 0.6) is 5.75 Å². The molecule has 0 spiro atoms. The summed E-state index contributed by atoms with van der Waals surface area (Å²) < 4.78 is 5.09. The van der Waals surface area contributed by atoms with Crippen LogP contribution in [0.4, 0.5) is 5.69 Å². The number of nitrogens with two attached hydrogens (primary N) is 1. The van der Waals surface area contributed by atoms with Crippen molar-refractivity contribution in [2.75, 3.05) is 19.4 Å². The number of ether oxygens (including phenoxy) is 1. The van der Waals surface area contributed by atoms with Crippen LogP contribution < -0.4 is 15.8 Å². The van der Waals surface area contributed by atoms with Crippen LogP contribution in [-0.4, -0.2) is 24.5 Å². The Hall–Kier alpha value is -2.56. The summed E-state index contributed by atoms with van der Waals surface area (Å²) in [5, 5.41) is 2.84. The number of methoxy groups -OCH3 is 1. The summed E-state index contributed by atoms with van der Waals surface area (Å²) in [4.78, 5) is 15.8. The minimum Gasteiger partial charge on any atom is -0.497 e. The fourth-order valence-electron chi connectivity index (χ4n) is 1.82. The Morgan fingerprint density at radius 2 is 2.05 bits per heavy atom. The highest BCUT2D eigenvalue weighted by Crippen LogP contribution is 2.11. The molecule has 0 unspecified atom stereocenters. The summed E-state index contributed by atoms with van der Waals surface area (Å²) in [6.45, 7) is 0.549. The van der Waals surface area contributed by atoms with Gasteiger partial charge in [0, 0.05) is 12.7 Å². The van der Waals surface area contributed by atoms with Gasteiger partial charge >= 0.3 is 0 Å². The summed E-state index contributed by atoms with van der Waals surface area (Å²) in [7, 11) is 1.63. The van der Waals surface area contributed by atoms with Crippen molar-refractivity contribution in [3.8, 4) is 5.75 Å².